The summed E-state index contributed by atoms with van der Waals surface area (Å²) < 4.78 is 2.47. The Morgan fingerprint density at radius 1 is 1.15 bits per heavy atom. The second-order valence-corrected chi connectivity index (χ2v) is 6.73. The SMILES string of the molecule is Cc1cnc(C2CC2)n1C1CCN(C(=O)C2CC2)CC1. The van der Waals surface area contributed by atoms with Crippen LogP contribution in [0.5, 0.6) is 0 Å². The maximum Gasteiger partial charge on any atom is 0.225 e. The van der Waals surface area contributed by atoms with Gasteiger partial charge in [-0.1, -0.05) is 0 Å². The van der Waals surface area contributed by atoms with Gasteiger partial charge >= 0.3 is 0 Å². The molecule has 0 unspecified atom stereocenters. The number of amides is 1. The molecule has 0 N–H and O–H groups in total. The zero-order valence-electron chi connectivity index (χ0n) is 12.2. The molecule has 108 valence electrons. The monoisotopic (exact) mass is 273 g/mol. The Bertz CT molecular complexity index is 520. The zero-order chi connectivity index (χ0) is 13.7. The van der Waals surface area contributed by atoms with E-state index in [2.05, 4.69) is 21.4 Å². The smallest absolute Gasteiger partial charge is 0.225 e. The summed E-state index contributed by atoms with van der Waals surface area (Å²) in [4.78, 5) is 18.8. The Morgan fingerprint density at radius 2 is 1.85 bits per heavy atom. The van der Waals surface area contributed by atoms with Crippen LogP contribution in [0.2, 0.25) is 0 Å². The molecule has 2 aliphatic carbocycles. The number of rotatable bonds is 3. The van der Waals surface area contributed by atoms with E-state index in [4.69, 9.17) is 0 Å². The van der Waals surface area contributed by atoms with E-state index in [0.29, 0.717) is 23.8 Å². The highest BCUT2D eigenvalue weighted by Gasteiger charge is 2.36. The molecule has 20 heavy (non-hydrogen) atoms. The predicted octanol–water partition coefficient (Wildman–Crippen LogP) is 2.64. The standard InChI is InChI=1S/C16H23N3O/c1-11-10-17-15(12-2-3-12)19(11)14-6-8-18(9-7-14)16(20)13-4-5-13/h10,12-14H,2-9H2,1H3. The zero-order valence-corrected chi connectivity index (χ0v) is 12.2. The summed E-state index contributed by atoms with van der Waals surface area (Å²) in [5, 5.41) is 0. The quantitative estimate of drug-likeness (QED) is 0.849. The number of nitrogens with zero attached hydrogens (tertiary/aromatic N) is 3. The highest BCUT2D eigenvalue weighted by Crippen LogP contribution is 2.42. The Balaban J connectivity index is 1.46. The van der Waals surface area contributed by atoms with Crippen molar-refractivity contribution in [3.63, 3.8) is 0 Å². The van der Waals surface area contributed by atoms with Crippen molar-refractivity contribution >= 4 is 5.91 Å². The molecule has 0 atom stereocenters. The highest BCUT2D eigenvalue weighted by molar-refractivity contribution is 5.81. The number of aromatic nitrogens is 2. The number of hydrogen-bond acceptors (Lipinski definition) is 2. The molecular formula is C16H23N3O. The molecule has 1 amide bonds. The van der Waals surface area contributed by atoms with Crippen molar-refractivity contribution in [2.24, 2.45) is 5.92 Å². The van der Waals surface area contributed by atoms with Crippen LogP contribution in [0.1, 0.15) is 62.0 Å². The Labute approximate surface area is 120 Å². The molecule has 4 rings (SSSR count). The first-order chi connectivity index (χ1) is 9.74. The van der Waals surface area contributed by atoms with Crippen LogP contribution in [-0.2, 0) is 4.79 Å². The molecule has 1 aromatic rings. The average molecular weight is 273 g/mol. The van der Waals surface area contributed by atoms with Crippen LogP contribution in [0, 0.1) is 12.8 Å². The molecule has 0 aromatic carbocycles. The molecule has 2 heterocycles. The molecular weight excluding hydrogens is 250 g/mol. The molecule has 4 heteroatoms. The third-order valence-corrected chi connectivity index (χ3v) is 5.02. The molecule has 1 aliphatic heterocycles. The molecule has 1 aromatic heterocycles. The van der Waals surface area contributed by atoms with Gasteiger partial charge in [-0.25, -0.2) is 4.98 Å². The summed E-state index contributed by atoms with van der Waals surface area (Å²) in [6.07, 6.45) is 9.04. The Hall–Kier alpha value is -1.32. The van der Waals surface area contributed by atoms with Crippen molar-refractivity contribution in [1.29, 1.82) is 0 Å². The largest absolute Gasteiger partial charge is 0.342 e. The molecule has 3 aliphatic rings. The summed E-state index contributed by atoms with van der Waals surface area (Å²) in [7, 11) is 0. The van der Waals surface area contributed by atoms with Gasteiger partial charge in [0.05, 0.1) is 0 Å². The van der Waals surface area contributed by atoms with E-state index in [-0.39, 0.29) is 0 Å². The summed E-state index contributed by atoms with van der Waals surface area (Å²) in [6, 6.07) is 0.552. The molecule has 0 radical (unpaired) electrons. The van der Waals surface area contributed by atoms with Crippen LogP contribution in [0.3, 0.4) is 0 Å². The second-order valence-electron chi connectivity index (χ2n) is 6.73. The van der Waals surface area contributed by atoms with Gasteiger partial charge in [0, 0.05) is 42.9 Å². The van der Waals surface area contributed by atoms with Gasteiger partial charge in [0.1, 0.15) is 5.82 Å². The van der Waals surface area contributed by atoms with E-state index in [1.165, 1.54) is 24.4 Å². The summed E-state index contributed by atoms with van der Waals surface area (Å²) >= 11 is 0. The fourth-order valence-corrected chi connectivity index (χ4v) is 3.52. The fourth-order valence-electron chi connectivity index (χ4n) is 3.52. The maximum absolute atomic E-state index is 12.1. The number of carbonyl (C=O) groups excluding carboxylic acids is 1. The van der Waals surface area contributed by atoms with E-state index >= 15 is 0 Å². The minimum absolute atomic E-state index is 0.364. The van der Waals surface area contributed by atoms with E-state index < -0.39 is 0 Å². The van der Waals surface area contributed by atoms with E-state index in [1.807, 2.05) is 6.20 Å². The molecule has 1 saturated heterocycles. The first-order valence-electron chi connectivity index (χ1n) is 8.06. The third-order valence-electron chi connectivity index (χ3n) is 5.02. The van der Waals surface area contributed by atoms with Gasteiger partial charge in [-0.15, -0.1) is 0 Å². The molecule has 4 nitrogen and oxygen atoms in total. The van der Waals surface area contributed by atoms with Crippen LogP contribution in [0.4, 0.5) is 0 Å². The van der Waals surface area contributed by atoms with Crippen molar-refractivity contribution in [3.8, 4) is 0 Å². The van der Waals surface area contributed by atoms with Gasteiger partial charge in [0.2, 0.25) is 5.91 Å². The van der Waals surface area contributed by atoms with Crippen LogP contribution >= 0.6 is 0 Å². The lowest BCUT2D eigenvalue weighted by Gasteiger charge is -2.34. The lowest BCUT2D eigenvalue weighted by molar-refractivity contribution is -0.133. The van der Waals surface area contributed by atoms with Gasteiger partial charge < -0.3 is 9.47 Å². The van der Waals surface area contributed by atoms with Crippen molar-refractivity contribution in [2.45, 2.75) is 57.4 Å². The minimum atomic E-state index is 0.364. The predicted molar refractivity (Wildman–Crippen MR) is 76.5 cm³/mol. The van der Waals surface area contributed by atoms with Crippen LogP contribution in [0.15, 0.2) is 6.20 Å². The van der Waals surface area contributed by atoms with E-state index in [9.17, 15) is 4.79 Å². The van der Waals surface area contributed by atoms with Gasteiger partial charge in [-0.3, -0.25) is 4.79 Å². The molecule has 3 fully saturated rings. The number of aryl methyl sites for hydroxylation is 1. The molecule has 2 saturated carbocycles. The number of imidazole rings is 1. The first kappa shape index (κ1) is 12.4. The summed E-state index contributed by atoms with van der Waals surface area (Å²) in [5.41, 5.74) is 1.29. The van der Waals surface area contributed by atoms with E-state index in [0.717, 1.165) is 38.8 Å². The van der Waals surface area contributed by atoms with Gasteiger partial charge in [-0.05, 0) is 45.4 Å². The fraction of sp³-hybridized carbons (Fsp3) is 0.750. The van der Waals surface area contributed by atoms with Gasteiger partial charge in [0.25, 0.3) is 0 Å². The Morgan fingerprint density at radius 3 is 2.45 bits per heavy atom. The number of likely N-dealkylation sites (tertiary alicyclic amines) is 1. The maximum atomic E-state index is 12.1. The number of carbonyl (C=O) groups is 1. The van der Waals surface area contributed by atoms with Crippen LogP contribution in [-0.4, -0.2) is 33.4 Å². The number of hydrogen-bond donors (Lipinski definition) is 0. The van der Waals surface area contributed by atoms with Crippen molar-refractivity contribution in [1.82, 2.24) is 14.5 Å². The lowest BCUT2D eigenvalue weighted by atomic mass is 10.0. The minimum Gasteiger partial charge on any atom is -0.342 e. The molecule has 0 bridgehead atoms. The van der Waals surface area contributed by atoms with E-state index in [1.54, 1.807) is 0 Å². The average Bonchev–Trinajstić information content (AvgIpc) is 3.37. The number of piperidine rings is 1. The summed E-state index contributed by atoms with van der Waals surface area (Å²) in [5.74, 6) is 2.78. The van der Waals surface area contributed by atoms with Crippen LogP contribution in [0.25, 0.3) is 0 Å². The first-order valence-corrected chi connectivity index (χ1v) is 8.06. The highest BCUT2D eigenvalue weighted by atomic mass is 16.2. The van der Waals surface area contributed by atoms with Crippen molar-refractivity contribution in [3.05, 3.63) is 17.7 Å². The van der Waals surface area contributed by atoms with Crippen molar-refractivity contribution in [2.75, 3.05) is 13.1 Å². The Kier molecular flexibility index (Phi) is 2.86. The lowest BCUT2D eigenvalue weighted by Crippen LogP contribution is -2.40. The van der Waals surface area contributed by atoms with Gasteiger partial charge in [0.15, 0.2) is 0 Å². The third kappa shape index (κ3) is 2.15. The van der Waals surface area contributed by atoms with Crippen molar-refractivity contribution < 1.29 is 4.79 Å². The van der Waals surface area contributed by atoms with Gasteiger partial charge in [-0.2, -0.15) is 0 Å². The van der Waals surface area contributed by atoms with Crippen LogP contribution < -0.4 is 0 Å². The second kappa shape index (κ2) is 4.61. The molecule has 0 spiro atoms. The summed E-state index contributed by atoms with van der Waals surface area (Å²) in [6.45, 7) is 4.03. The topological polar surface area (TPSA) is 38.1 Å². The normalized spacial score (nSPS) is 24.1.